The number of halogens is 1. The molecule has 10 heteroatoms. The summed E-state index contributed by atoms with van der Waals surface area (Å²) in [5.41, 5.74) is 0.496. The first-order valence-corrected chi connectivity index (χ1v) is 11.9. The Morgan fingerprint density at radius 1 is 1.06 bits per heavy atom. The number of nitrogens with one attached hydrogen (secondary N) is 1. The van der Waals surface area contributed by atoms with Crippen molar-refractivity contribution in [1.29, 1.82) is 0 Å². The molecule has 0 spiro atoms. The molecule has 33 heavy (non-hydrogen) atoms. The summed E-state index contributed by atoms with van der Waals surface area (Å²) in [4.78, 5) is 49.4. The topological polar surface area (TPSA) is 113 Å². The molecule has 1 amide bonds. The van der Waals surface area contributed by atoms with Crippen LogP contribution in [0.5, 0.6) is 0 Å². The van der Waals surface area contributed by atoms with Crippen molar-refractivity contribution < 1.29 is 28.6 Å². The summed E-state index contributed by atoms with van der Waals surface area (Å²) in [6, 6.07) is 10.7. The van der Waals surface area contributed by atoms with Crippen molar-refractivity contribution in [2.75, 3.05) is 4.61 Å². The van der Waals surface area contributed by atoms with Gasteiger partial charge >= 0.3 is 18.0 Å². The molecular weight excluding hydrogens is 543 g/mol. The number of alkyl halides is 1. The van der Waals surface area contributed by atoms with Gasteiger partial charge in [-0.05, 0) is 47.1 Å². The fourth-order valence-electron chi connectivity index (χ4n) is 2.90. The second-order valence-corrected chi connectivity index (χ2v) is 7.93. The molecule has 0 saturated carbocycles. The minimum absolute atomic E-state index is 0.0564. The van der Waals surface area contributed by atoms with E-state index in [9.17, 15) is 19.2 Å². The van der Waals surface area contributed by atoms with Crippen LogP contribution in [0.25, 0.3) is 0 Å². The highest BCUT2D eigenvalue weighted by Gasteiger charge is 2.30. The van der Waals surface area contributed by atoms with E-state index >= 15 is 0 Å². The lowest BCUT2D eigenvalue weighted by molar-refractivity contribution is -0.156. The summed E-state index contributed by atoms with van der Waals surface area (Å²) in [6.45, 7) is 5.22. The second kappa shape index (κ2) is 13.0. The maximum atomic E-state index is 12.9. The van der Waals surface area contributed by atoms with Crippen LogP contribution >= 0.6 is 22.6 Å². The van der Waals surface area contributed by atoms with Gasteiger partial charge in [0.05, 0.1) is 5.56 Å². The molecule has 1 aromatic carbocycles. The van der Waals surface area contributed by atoms with Crippen molar-refractivity contribution in [2.24, 2.45) is 5.92 Å². The van der Waals surface area contributed by atoms with Gasteiger partial charge < -0.3 is 19.5 Å². The zero-order valence-corrected chi connectivity index (χ0v) is 20.8. The highest BCUT2D eigenvalue weighted by molar-refractivity contribution is 14.1. The Bertz CT molecular complexity index is 1010. The molecule has 1 N–H and O–H groups in total. The number of alkyl carbamates (subject to hydrolysis) is 1. The SMILES string of the molecule is CC[C@H](C)[C@H](NC(=O)OCc1ccccc1)C(=O)OC(C)n1cc(C(=O)OCI)ccc1=O. The number of rotatable bonds is 10. The summed E-state index contributed by atoms with van der Waals surface area (Å²) in [5.74, 6) is -1.58. The minimum Gasteiger partial charge on any atom is -0.451 e. The molecule has 1 heterocycles. The van der Waals surface area contributed by atoms with E-state index in [-0.39, 0.29) is 22.7 Å². The summed E-state index contributed by atoms with van der Waals surface area (Å²) in [6.07, 6.45) is 0.0832. The number of benzene rings is 1. The van der Waals surface area contributed by atoms with Gasteiger partial charge in [0.25, 0.3) is 5.56 Å². The number of carbonyl (C=O) groups excluding carboxylic acids is 3. The Kier molecular flexibility index (Phi) is 10.4. The molecule has 0 bridgehead atoms. The molecular formula is C23H27IN2O7. The Balaban J connectivity index is 2.08. The lowest BCUT2D eigenvalue weighted by Crippen LogP contribution is -2.46. The van der Waals surface area contributed by atoms with Crippen molar-refractivity contribution in [2.45, 2.75) is 46.1 Å². The molecule has 0 saturated heterocycles. The van der Waals surface area contributed by atoms with Gasteiger partial charge in [-0.15, -0.1) is 0 Å². The Labute approximate surface area is 205 Å². The third-order valence-electron chi connectivity index (χ3n) is 4.99. The van der Waals surface area contributed by atoms with Crippen LogP contribution in [0, 0.1) is 5.92 Å². The van der Waals surface area contributed by atoms with Crippen LogP contribution in [-0.4, -0.2) is 33.3 Å². The van der Waals surface area contributed by atoms with Gasteiger partial charge in [0.2, 0.25) is 0 Å². The van der Waals surface area contributed by atoms with Crippen LogP contribution in [0.1, 0.15) is 49.3 Å². The van der Waals surface area contributed by atoms with Crippen molar-refractivity contribution in [3.63, 3.8) is 0 Å². The zero-order chi connectivity index (χ0) is 24.4. The van der Waals surface area contributed by atoms with Crippen LogP contribution in [0.3, 0.4) is 0 Å². The molecule has 0 aliphatic carbocycles. The lowest BCUT2D eigenvalue weighted by Gasteiger charge is -2.25. The summed E-state index contributed by atoms with van der Waals surface area (Å²) in [7, 11) is 0. The monoisotopic (exact) mass is 570 g/mol. The van der Waals surface area contributed by atoms with Gasteiger partial charge in [-0.2, -0.15) is 0 Å². The van der Waals surface area contributed by atoms with E-state index in [4.69, 9.17) is 14.2 Å². The number of ether oxygens (including phenoxy) is 3. The van der Waals surface area contributed by atoms with E-state index < -0.39 is 35.9 Å². The van der Waals surface area contributed by atoms with E-state index in [1.54, 1.807) is 6.92 Å². The van der Waals surface area contributed by atoms with E-state index in [0.29, 0.717) is 6.42 Å². The minimum atomic E-state index is -1.02. The molecule has 0 radical (unpaired) electrons. The maximum absolute atomic E-state index is 12.9. The van der Waals surface area contributed by atoms with Gasteiger partial charge in [-0.1, -0.05) is 50.6 Å². The van der Waals surface area contributed by atoms with Gasteiger partial charge in [-0.25, -0.2) is 14.4 Å². The predicted octanol–water partition coefficient (Wildman–Crippen LogP) is 3.80. The molecule has 3 atom stereocenters. The van der Waals surface area contributed by atoms with Crippen molar-refractivity contribution in [3.05, 3.63) is 70.1 Å². The smallest absolute Gasteiger partial charge is 0.408 e. The van der Waals surface area contributed by atoms with Crippen molar-refractivity contribution >= 4 is 40.6 Å². The zero-order valence-electron chi connectivity index (χ0n) is 18.7. The highest BCUT2D eigenvalue weighted by atomic mass is 127. The van der Waals surface area contributed by atoms with Crippen LogP contribution in [0.15, 0.2) is 53.5 Å². The quantitative estimate of drug-likeness (QED) is 0.200. The highest BCUT2D eigenvalue weighted by Crippen LogP contribution is 2.15. The first-order chi connectivity index (χ1) is 15.8. The van der Waals surface area contributed by atoms with Gasteiger partial charge in [-0.3, -0.25) is 9.36 Å². The average molecular weight is 570 g/mol. The average Bonchev–Trinajstić information content (AvgIpc) is 2.81. The Hall–Kier alpha value is -2.89. The molecule has 2 aromatic rings. The maximum Gasteiger partial charge on any atom is 0.408 e. The first-order valence-electron chi connectivity index (χ1n) is 10.4. The normalized spacial score (nSPS) is 13.3. The first kappa shape index (κ1) is 26.4. The largest absolute Gasteiger partial charge is 0.451 e. The molecule has 1 unspecified atom stereocenters. The standard InChI is InChI=1S/C23H27IN2O7/c1-4-15(2)20(25-23(30)31-13-17-8-6-5-7-9-17)22(29)33-16(3)26-12-18(10-11-19(26)27)21(28)32-14-24/h5-12,15-16,20H,4,13-14H2,1-3H3,(H,25,30)/t15-,16?,20-/m0/s1. The van der Waals surface area contributed by atoms with Gasteiger partial charge in [0.15, 0.2) is 6.23 Å². The Morgan fingerprint density at radius 3 is 2.39 bits per heavy atom. The molecule has 0 aliphatic rings. The van der Waals surface area contributed by atoms with E-state index in [0.717, 1.165) is 10.1 Å². The predicted molar refractivity (Wildman–Crippen MR) is 129 cm³/mol. The molecule has 9 nitrogen and oxygen atoms in total. The number of esters is 2. The van der Waals surface area contributed by atoms with Crippen LogP contribution in [0.4, 0.5) is 4.79 Å². The van der Waals surface area contributed by atoms with E-state index in [1.807, 2.05) is 59.8 Å². The summed E-state index contributed by atoms with van der Waals surface area (Å²) in [5, 5.41) is 2.56. The molecule has 0 fully saturated rings. The van der Waals surface area contributed by atoms with Gasteiger partial charge in [0, 0.05) is 12.3 Å². The van der Waals surface area contributed by atoms with Crippen molar-refractivity contribution in [3.8, 4) is 0 Å². The number of aromatic nitrogens is 1. The fraction of sp³-hybridized carbons (Fsp3) is 0.391. The molecule has 0 aliphatic heterocycles. The number of pyridine rings is 1. The molecule has 2 rings (SSSR count). The second-order valence-electron chi connectivity index (χ2n) is 7.31. The van der Waals surface area contributed by atoms with E-state index in [2.05, 4.69) is 5.32 Å². The van der Waals surface area contributed by atoms with Gasteiger partial charge in [0.1, 0.15) is 17.3 Å². The van der Waals surface area contributed by atoms with Crippen LogP contribution in [-0.2, 0) is 25.6 Å². The number of hydrogen-bond acceptors (Lipinski definition) is 7. The molecule has 1 aromatic heterocycles. The third-order valence-corrected chi connectivity index (χ3v) is 5.30. The van der Waals surface area contributed by atoms with E-state index in [1.165, 1.54) is 25.3 Å². The number of hydrogen-bond donors (Lipinski definition) is 1. The summed E-state index contributed by atoms with van der Waals surface area (Å²) < 4.78 is 16.9. The Morgan fingerprint density at radius 2 is 1.76 bits per heavy atom. The number of amides is 1. The van der Waals surface area contributed by atoms with Crippen molar-refractivity contribution in [1.82, 2.24) is 9.88 Å². The molecule has 178 valence electrons. The lowest BCUT2D eigenvalue weighted by atomic mass is 9.99. The number of carbonyl (C=O) groups is 3. The fourth-order valence-corrected chi connectivity index (χ4v) is 3.18. The van der Waals surface area contributed by atoms with Crippen LogP contribution in [0.2, 0.25) is 0 Å². The summed E-state index contributed by atoms with van der Waals surface area (Å²) >= 11 is 1.88. The van der Waals surface area contributed by atoms with Crippen LogP contribution < -0.4 is 10.9 Å². The number of nitrogens with zero attached hydrogens (tertiary/aromatic N) is 1. The third kappa shape index (κ3) is 7.88.